The summed E-state index contributed by atoms with van der Waals surface area (Å²) in [5, 5.41) is 8.95. The molecule has 0 amide bonds. The van der Waals surface area contributed by atoms with Gasteiger partial charge in [0.15, 0.2) is 17.5 Å². The molecule has 0 unspecified atom stereocenters. The predicted octanol–water partition coefficient (Wildman–Crippen LogP) is 4.15. The maximum atomic E-state index is 13.2. The first-order valence-electron chi connectivity index (χ1n) is 6.75. The lowest BCUT2D eigenvalue weighted by Crippen LogP contribution is -1.98. The lowest BCUT2D eigenvalue weighted by molar-refractivity contribution is 0.447. The van der Waals surface area contributed by atoms with Crippen LogP contribution < -0.4 is 0 Å². The number of aromatic nitrogens is 2. The molecule has 2 aromatic carbocycles. The van der Waals surface area contributed by atoms with Gasteiger partial charge in [-0.15, -0.1) is 0 Å². The van der Waals surface area contributed by atoms with Gasteiger partial charge in [0.1, 0.15) is 12.4 Å². The minimum Gasteiger partial charge on any atom is -0.310 e. The average molecular weight is 313 g/mol. The molecular weight excluding hydrogens is 303 g/mol. The summed E-state index contributed by atoms with van der Waals surface area (Å²) in [6.45, 7) is 0.0896. The molecule has 0 spiro atoms. The fourth-order valence-corrected chi connectivity index (χ4v) is 2.30. The second-order valence-electron chi connectivity index (χ2n) is 4.83. The molecule has 0 saturated carbocycles. The fraction of sp³-hybridized carbons (Fsp3) is 0.0588. The molecule has 3 aromatic rings. The number of benzene rings is 2. The maximum absolute atomic E-state index is 13.2. The highest BCUT2D eigenvalue weighted by Gasteiger charge is 2.10. The summed E-state index contributed by atoms with van der Waals surface area (Å²) >= 11 is 0. The zero-order chi connectivity index (χ0) is 16.4. The molecule has 0 aliphatic rings. The van der Waals surface area contributed by atoms with Crippen LogP contribution in [0.25, 0.3) is 23.2 Å². The zero-order valence-electron chi connectivity index (χ0n) is 11.8. The molecule has 0 fully saturated rings. The minimum atomic E-state index is -1.50. The van der Waals surface area contributed by atoms with Crippen LogP contribution in [0.2, 0.25) is 0 Å². The van der Waals surface area contributed by atoms with Crippen molar-refractivity contribution in [1.82, 2.24) is 9.55 Å². The summed E-state index contributed by atoms with van der Waals surface area (Å²) in [4.78, 5) is 4.37. The molecule has 0 atom stereocenters. The van der Waals surface area contributed by atoms with Gasteiger partial charge < -0.3 is 4.57 Å². The van der Waals surface area contributed by atoms with Gasteiger partial charge in [-0.3, -0.25) is 0 Å². The van der Waals surface area contributed by atoms with Gasteiger partial charge in [0, 0.05) is 0 Å². The molecule has 1 heterocycles. The average Bonchev–Trinajstić information content (AvgIpc) is 2.89. The smallest absolute Gasteiger partial charge is 0.194 e. The van der Waals surface area contributed by atoms with Crippen molar-refractivity contribution in [3.05, 3.63) is 65.2 Å². The van der Waals surface area contributed by atoms with E-state index >= 15 is 0 Å². The van der Waals surface area contributed by atoms with Crippen molar-refractivity contribution in [2.24, 2.45) is 0 Å². The summed E-state index contributed by atoms with van der Waals surface area (Å²) in [5.41, 5.74) is 1.65. The van der Waals surface area contributed by atoms with Crippen LogP contribution in [-0.4, -0.2) is 9.55 Å². The third-order valence-corrected chi connectivity index (χ3v) is 3.34. The predicted molar refractivity (Wildman–Crippen MR) is 80.6 cm³/mol. The van der Waals surface area contributed by atoms with Crippen molar-refractivity contribution < 1.29 is 13.2 Å². The Balaban J connectivity index is 2.04. The first-order valence-corrected chi connectivity index (χ1v) is 6.75. The van der Waals surface area contributed by atoms with E-state index in [1.54, 1.807) is 10.6 Å². The van der Waals surface area contributed by atoms with Crippen LogP contribution in [0.1, 0.15) is 11.4 Å². The highest BCUT2D eigenvalue weighted by molar-refractivity contribution is 5.80. The van der Waals surface area contributed by atoms with Gasteiger partial charge in [-0.25, -0.2) is 18.2 Å². The van der Waals surface area contributed by atoms with Crippen molar-refractivity contribution in [3.8, 4) is 6.07 Å². The van der Waals surface area contributed by atoms with Crippen LogP contribution in [0.3, 0.4) is 0 Å². The topological polar surface area (TPSA) is 41.6 Å². The fourth-order valence-electron chi connectivity index (χ4n) is 2.30. The van der Waals surface area contributed by atoms with Crippen LogP contribution >= 0.6 is 0 Å². The number of nitriles is 1. The standard InChI is InChI=1S/C17H10F3N3/c18-12-9-11(10-13(19)17(12)20)5-6-16-22-14-3-1-2-4-15(14)23(16)8-7-21/h1-6,9-10H,8H2/b6-5+. The summed E-state index contributed by atoms with van der Waals surface area (Å²) in [6.07, 6.45) is 2.95. The second-order valence-corrected chi connectivity index (χ2v) is 4.83. The van der Waals surface area contributed by atoms with Crippen LogP contribution in [-0.2, 0) is 6.54 Å². The van der Waals surface area contributed by atoms with E-state index < -0.39 is 17.5 Å². The van der Waals surface area contributed by atoms with Gasteiger partial charge in [-0.1, -0.05) is 18.2 Å². The molecule has 114 valence electrons. The van der Waals surface area contributed by atoms with Crippen molar-refractivity contribution >= 4 is 23.2 Å². The molecule has 23 heavy (non-hydrogen) atoms. The van der Waals surface area contributed by atoms with Crippen molar-refractivity contribution in [3.63, 3.8) is 0 Å². The van der Waals surface area contributed by atoms with E-state index in [0.29, 0.717) is 11.3 Å². The Morgan fingerprint density at radius 3 is 2.48 bits per heavy atom. The van der Waals surface area contributed by atoms with Gasteiger partial charge in [0.2, 0.25) is 0 Å². The van der Waals surface area contributed by atoms with E-state index in [1.807, 2.05) is 24.3 Å². The molecule has 0 saturated heterocycles. The molecule has 3 nitrogen and oxygen atoms in total. The van der Waals surface area contributed by atoms with E-state index in [2.05, 4.69) is 4.98 Å². The zero-order valence-corrected chi connectivity index (χ0v) is 11.8. The number of fused-ring (bicyclic) bond motifs is 1. The van der Waals surface area contributed by atoms with Gasteiger partial charge in [0.05, 0.1) is 17.1 Å². The SMILES string of the molecule is N#CCn1c(/C=C/c2cc(F)c(F)c(F)c2)nc2ccccc21. The Morgan fingerprint density at radius 1 is 1.09 bits per heavy atom. The molecule has 3 rings (SSSR count). The van der Waals surface area contributed by atoms with Gasteiger partial charge in [-0.2, -0.15) is 5.26 Å². The van der Waals surface area contributed by atoms with Crippen LogP contribution in [0.5, 0.6) is 0 Å². The molecule has 1 aromatic heterocycles. The normalized spacial score (nSPS) is 11.2. The summed E-state index contributed by atoms with van der Waals surface area (Å²) < 4.78 is 41.1. The monoisotopic (exact) mass is 313 g/mol. The lowest BCUT2D eigenvalue weighted by Gasteiger charge is -2.01. The summed E-state index contributed by atoms with van der Waals surface area (Å²) in [5.74, 6) is -3.54. The van der Waals surface area contributed by atoms with Crippen molar-refractivity contribution in [1.29, 1.82) is 5.26 Å². The summed E-state index contributed by atoms with van der Waals surface area (Å²) in [6, 6.07) is 11.1. The largest absolute Gasteiger partial charge is 0.310 e. The molecule has 0 aliphatic carbocycles. The molecular formula is C17H10F3N3. The maximum Gasteiger partial charge on any atom is 0.194 e. The van der Waals surface area contributed by atoms with E-state index in [4.69, 9.17) is 5.26 Å². The number of halogens is 3. The Morgan fingerprint density at radius 2 is 1.78 bits per heavy atom. The first-order chi connectivity index (χ1) is 11.1. The first kappa shape index (κ1) is 14.9. The van der Waals surface area contributed by atoms with Crippen LogP contribution in [0.4, 0.5) is 13.2 Å². The van der Waals surface area contributed by atoms with Gasteiger partial charge in [0.25, 0.3) is 0 Å². The molecule has 0 radical (unpaired) electrons. The number of hydrogen-bond acceptors (Lipinski definition) is 2. The van der Waals surface area contributed by atoms with E-state index in [9.17, 15) is 13.2 Å². The second kappa shape index (κ2) is 5.97. The Bertz CT molecular complexity index is 928. The summed E-state index contributed by atoms with van der Waals surface area (Å²) in [7, 11) is 0. The van der Waals surface area contributed by atoms with Crippen LogP contribution in [0, 0.1) is 28.8 Å². The third-order valence-electron chi connectivity index (χ3n) is 3.34. The van der Waals surface area contributed by atoms with E-state index in [1.165, 1.54) is 12.2 Å². The van der Waals surface area contributed by atoms with Crippen LogP contribution in [0.15, 0.2) is 36.4 Å². The Kier molecular flexibility index (Phi) is 3.85. The minimum absolute atomic E-state index is 0.0896. The van der Waals surface area contributed by atoms with E-state index in [-0.39, 0.29) is 12.1 Å². The number of nitrogens with zero attached hydrogens (tertiary/aromatic N) is 3. The molecule has 0 aliphatic heterocycles. The number of para-hydroxylation sites is 2. The van der Waals surface area contributed by atoms with E-state index in [0.717, 1.165) is 17.6 Å². The lowest BCUT2D eigenvalue weighted by atomic mass is 10.2. The quantitative estimate of drug-likeness (QED) is 0.682. The highest BCUT2D eigenvalue weighted by atomic mass is 19.2. The molecule has 0 N–H and O–H groups in total. The van der Waals surface area contributed by atoms with Crippen molar-refractivity contribution in [2.45, 2.75) is 6.54 Å². The number of rotatable bonds is 3. The molecule has 0 bridgehead atoms. The third kappa shape index (κ3) is 2.81. The Hall–Kier alpha value is -3.07. The molecule has 6 heteroatoms. The van der Waals surface area contributed by atoms with Gasteiger partial charge >= 0.3 is 0 Å². The number of hydrogen-bond donors (Lipinski definition) is 0. The number of imidazole rings is 1. The Labute approximate surface area is 129 Å². The highest BCUT2D eigenvalue weighted by Crippen LogP contribution is 2.19. The van der Waals surface area contributed by atoms with Gasteiger partial charge in [-0.05, 0) is 35.9 Å². The van der Waals surface area contributed by atoms with Crippen molar-refractivity contribution in [2.75, 3.05) is 0 Å².